The summed E-state index contributed by atoms with van der Waals surface area (Å²) in [6.07, 6.45) is 5.94. The molecule has 6 rings (SSSR count). The van der Waals surface area contributed by atoms with Crippen LogP contribution in [0.5, 0.6) is 11.5 Å². The Bertz CT molecular complexity index is 1250. The summed E-state index contributed by atoms with van der Waals surface area (Å²) in [5.41, 5.74) is 0.807. The van der Waals surface area contributed by atoms with E-state index in [1.165, 1.54) is 40.6 Å². The number of rotatable bonds is 7. The molecule has 0 saturated carbocycles. The molecule has 2 unspecified atom stereocenters. The van der Waals surface area contributed by atoms with Crippen LogP contribution >= 0.6 is 11.3 Å². The van der Waals surface area contributed by atoms with Gasteiger partial charge in [0.15, 0.2) is 0 Å². The van der Waals surface area contributed by atoms with Crippen LogP contribution in [0.4, 0.5) is 0 Å². The van der Waals surface area contributed by atoms with Gasteiger partial charge in [-0.3, -0.25) is 4.90 Å². The second-order valence-corrected chi connectivity index (χ2v) is 10.5. The highest BCUT2D eigenvalue weighted by Crippen LogP contribution is 2.46. The number of thiophene rings is 1. The molecule has 2 bridgehead atoms. The smallest absolute Gasteiger partial charge is 0.137 e. The normalized spacial score (nSPS) is 23.9. The highest BCUT2D eigenvalue weighted by atomic mass is 32.1. The number of hydrogen-bond acceptors (Lipinski definition) is 6. The molecule has 1 N–H and O–H groups in total. The quantitative estimate of drug-likeness (QED) is 0.375. The molecule has 0 amide bonds. The van der Waals surface area contributed by atoms with Crippen LogP contribution in [-0.4, -0.2) is 48.5 Å². The first kappa shape index (κ1) is 21.0. The minimum atomic E-state index is -0.511. The molecule has 2 saturated heterocycles. The Hall–Kier alpha value is -2.54. The minimum absolute atomic E-state index is 0.293. The molecular formula is C27H29NO4S. The number of hydrogen-bond donors (Lipinski definition) is 1. The fourth-order valence-electron chi connectivity index (χ4n) is 5.75. The largest absolute Gasteiger partial charge is 0.497 e. The molecule has 2 aliphatic heterocycles. The highest BCUT2D eigenvalue weighted by Gasteiger charge is 2.42. The van der Waals surface area contributed by atoms with E-state index in [-0.39, 0.29) is 0 Å². The lowest BCUT2D eigenvalue weighted by atomic mass is 9.89. The van der Waals surface area contributed by atoms with Gasteiger partial charge in [0.05, 0.1) is 18.8 Å². The number of methoxy groups -OCH3 is 1. The first-order valence-electron chi connectivity index (χ1n) is 11.8. The molecule has 33 heavy (non-hydrogen) atoms. The van der Waals surface area contributed by atoms with Crippen molar-refractivity contribution in [2.24, 2.45) is 0 Å². The third-order valence-corrected chi connectivity index (χ3v) is 8.62. The average molecular weight is 464 g/mol. The Morgan fingerprint density at radius 1 is 1.12 bits per heavy atom. The maximum absolute atomic E-state index is 10.8. The van der Waals surface area contributed by atoms with Gasteiger partial charge in [-0.25, -0.2) is 0 Å². The monoisotopic (exact) mass is 463 g/mol. The highest BCUT2D eigenvalue weighted by molar-refractivity contribution is 7.19. The van der Waals surface area contributed by atoms with E-state index in [4.69, 9.17) is 13.9 Å². The molecule has 2 aromatic heterocycles. The lowest BCUT2D eigenvalue weighted by Gasteiger charge is -2.39. The van der Waals surface area contributed by atoms with Crippen LogP contribution in [0.1, 0.15) is 36.5 Å². The number of benzene rings is 2. The Labute approximate surface area is 197 Å². The van der Waals surface area contributed by atoms with Crippen LogP contribution in [-0.2, 0) is 0 Å². The van der Waals surface area contributed by atoms with Crippen LogP contribution in [0, 0.1) is 0 Å². The topological polar surface area (TPSA) is 55.1 Å². The van der Waals surface area contributed by atoms with E-state index in [2.05, 4.69) is 23.1 Å². The molecule has 0 spiro atoms. The lowest BCUT2D eigenvalue weighted by Crippen LogP contribution is -2.47. The maximum atomic E-state index is 10.8. The molecule has 172 valence electrons. The van der Waals surface area contributed by atoms with Gasteiger partial charge < -0.3 is 19.0 Å². The van der Waals surface area contributed by atoms with Crippen molar-refractivity contribution in [3.8, 4) is 11.5 Å². The number of ether oxygens (including phenoxy) is 2. The summed E-state index contributed by atoms with van der Waals surface area (Å²) >= 11 is 1.93. The van der Waals surface area contributed by atoms with Gasteiger partial charge in [-0.2, -0.15) is 0 Å². The number of aliphatic hydroxyl groups is 1. The molecule has 0 radical (unpaired) electrons. The summed E-state index contributed by atoms with van der Waals surface area (Å²) in [5, 5.41) is 13.0. The zero-order valence-corrected chi connectivity index (χ0v) is 19.6. The fourth-order valence-corrected chi connectivity index (χ4v) is 6.92. The van der Waals surface area contributed by atoms with E-state index in [9.17, 15) is 5.11 Å². The first-order chi connectivity index (χ1) is 16.2. The van der Waals surface area contributed by atoms with Gasteiger partial charge in [-0.1, -0.05) is 6.07 Å². The molecule has 6 heteroatoms. The zero-order chi connectivity index (χ0) is 22.4. The summed E-state index contributed by atoms with van der Waals surface area (Å²) < 4.78 is 18.1. The van der Waals surface area contributed by atoms with E-state index in [1.54, 1.807) is 13.4 Å². The van der Waals surface area contributed by atoms with Crippen LogP contribution in [0.2, 0.25) is 0 Å². The molecule has 2 aliphatic rings. The Morgan fingerprint density at radius 3 is 2.79 bits per heavy atom. The van der Waals surface area contributed by atoms with Crippen LogP contribution in [0.25, 0.3) is 21.1 Å². The van der Waals surface area contributed by atoms with Crippen molar-refractivity contribution in [2.45, 2.75) is 49.8 Å². The molecule has 5 nitrogen and oxygen atoms in total. The molecule has 2 fully saturated rings. The maximum Gasteiger partial charge on any atom is 0.137 e. The molecular weight excluding hydrogens is 434 g/mol. The predicted molar refractivity (Wildman–Crippen MR) is 132 cm³/mol. The number of fused-ring (bicyclic) bond motifs is 4. The zero-order valence-electron chi connectivity index (χ0n) is 18.8. The molecule has 3 atom stereocenters. The second-order valence-electron chi connectivity index (χ2n) is 9.36. The molecule has 0 aliphatic carbocycles. The van der Waals surface area contributed by atoms with E-state index in [0.717, 1.165) is 22.5 Å². The standard InChI is InChI=1S/C27H29NO4S/c1-30-22-7-8-26-18(13-22)14-27(33-26)17-11-19-5-6-20(12-17)28(19)15-21(29)16-32-25-4-2-3-24-23(25)9-10-31-24/h2-4,7-10,13-14,17,19-21,29H,5-6,11-12,15-16H2,1H3/t17?,19?,20?,21-/m0/s1. The van der Waals surface area contributed by atoms with Crippen LogP contribution in [0.3, 0.4) is 0 Å². The Balaban J connectivity index is 1.09. The second kappa shape index (κ2) is 8.67. The molecule has 4 aromatic rings. The van der Waals surface area contributed by atoms with E-state index in [0.29, 0.717) is 31.2 Å². The van der Waals surface area contributed by atoms with Crippen molar-refractivity contribution >= 4 is 32.4 Å². The van der Waals surface area contributed by atoms with Crippen molar-refractivity contribution in [1.82, 2.24) is 4.90 Å². The molecule has 4 heterocycles. The summed E-state index contributed by atoms with van der Waals surface area (Å²) in [5.74, 6) is 2.29. The van der Waals surface area contributed by atoms with Crippen molar-refractivity contribution in [3.63, 3.8) is 0 Å². The van der Waals surface area contributed by atoms with Crippen LogP contribution in [0.15, 0.2) is 59.2 Å². The van der Waals surface area contributed by atoms with E-state index < -0.39 is 6.10 Å². The third-order valence-electron chi connectivity index (χ3n) is 7.34. The predicted octanol–water partition coefficient (Wildman–Crippen LogP) is 5.81. The Morgan fingerprint density at radius 2 is 1.97 bits per heavy atom. The average Bonchev–Trinajstić information content (AvgIpc) is 3.53. The van der Waals surface area contributed by atoms with Crippen molar-refractivity contribution in [2.75, 3.05) is 20.3 Å². The first-order valence-corrected chi connectivity index (χ1v) is 12.6. The number of aliphatic hydroxyl groups excluding tert-OH is 1. The van der Waals surface area contributed by atoms with Gasteiger partial charge in [0.1, 0.15) is 29.8 Å². The lowest BCUT2D eigenvalue weighted by molar-refractivity contribution is 0.0323. The summed E-state index contributed by atoms with van der Waals surface area (Å²) in [7, 11) is 1.72. The van der Waals surface area contributed by atoms with Gasteiger partial charge in [-0.15, -0.1) is 11.3 Å². The Kier molecular flexibility index (Phi) is 5.52. The van der Waals surface area contributed by atoms with E-state index in [1.807, 2.05) is 41.7 Å². The summed E-state index contributed by atoms with van der Waals surface area (Å²) in [4.78, 5) is 4.03. The van der Waals surface area contributed by atoms with Gasteiger partial charge in [-0.05, 0) is 79.5 Å². The summed E-state index contributed by atoms with van der Waals surface area (Å²) in [6.45, 7) is 0.967. The van der Waals surface area contributed by atoms with Gasteiger partial charge in [0, 0.05) is 28.2 Å². The fraction of sp³-hybridized carbons (Fsp3) is 0.407. The number of nitrogens with zero attached hydrogens (tertiary/aromatic N) is 1. The minimum Gasteiger partial charge on any atom is -0.497 e. The SMILES string of the molecule is COc1ccc2sc(C3CC4CCC(C3)N4C[C@H](O)COc3cccc4occc34)cc2c1. The number of furan rings is 1. The number of piperidine rings is 1. The third kappa shape index (κ3) is 4.01. The van der Waals surface area contributed by atoms with Crippen molar-refractivity contribution < 1.29 is 19.0 Å². The van der Waals surface area contributed by atoms with Gasteiger partial charge in [0.25, 0.3) is 0 Å². The van der Waals surface area contributed by atoms with Gasteiger partial charge >= 0.3 is 0 Å². The van der Waals surface area contributed by atoms with E-state index >= 15 is 0 Å². The molecule has 2 aromatic carbocycles. The van der Waals surface area contributed by atoms with Gasteiger partial charge in [0.2, 0.25) is 0 Å². The summed E-state index contributed by atoms with van der Waals surface area (Å²) in [6, 6.07) is 17.5. The van der Waals surface area contributed by atoms with Crippen molar-refractivity contribution in [1.29, 1.82) is 0 Å². The van der Waals surface area contributed by atoms with Crippen LogP contribution < -0.4 is 9.47 Å². The van der Waals surface area contributed by atoms with Crippen molar-refractivity contribution in [3.05, 3.63) is 59.7 Å².